The number of halogens is 1. The minimum absolute atomic E-state index is 0. The van der Waals surface area contributed by atoms with Crippen LogP contribution >= 0.6 is 12.4 Å². The van der Waals surface area contributed by atoms with Gasteiger partial charge in [-0.05, 0) is 26.7 Å². The normalized spacial score (nSPS) is 12.8. The SMILES string of the molecule is CCCCC(CC)C(=O)NCC(C)(C)N.Cl. The molecule has 0 saturated heterocycles. The van der Waals surface area contributed by atoms with Gasteiger partial charge in [0.2, 0.25) is 5.91 Å². The number of hydrogen-bond acceptors (Lipinski definition) is 2. The average molecular weight is 251 g/mol. The summed E-state index contributed by atoms with van der Waals surface area (Å²) in [7, 11) is 0. The second-order valence-corrected chi connectivity index (χ2v) is 4.95. The van der Waals surface area contributed by atoms with E-state index in [0.717, 1.165) is 25.7 Å². The van der Waals surface area contributed by atoms with Gasteiger partial charge >= 0.3 is 0 Å². The number of nitrogens with one attached hydrogen (secondary N) is 1. The molecular formula is C12H27ClN2O. The van der Waals surface area contributed by atoms with Crippen molar-refractivity contribution in [1.82, 2.24) is 5.32 Å². The number of carbonyl (C=O) groups excluding carboxylic acids is 1. The lowest BCUT2D eigenvalue weighted by atomic mass is 9.98. The molecule has 0 aromatic heterocycles. The van der Waals surface area contributed by atoms with Gasteiger partial charge in [0, 0.05) is 18.0 Å². The van der Waals surface area contributed by atoms with Crippen molar-refractivity contribution in [3.05, 3.63) is 0 Å². The fourth-order valence-electron chi connectivity index (χ4n) is 1.43. The van der Waals surface area contributed by atoms with E-state index in [1.807, 2.05) is 13.8 Å². The molecule has 0 radical (unpaired) electrons. The Hall–Kier alpha value is -0.280. The first-order valence-corrected chi connectivity index (χ1v) is 5.97. The number of carbonyl (C=O) groups is 1. The number of amides is 1. The molecule has 0 aromatic rings. The van der Waals surface area contributed by atoms with Crippen molar-refractivity contribution in [3.63, 3.8) is 0 Å². The van der Waals surface area contributed by atoms with E-state index in [-0.39, 0.29) is 29.8 Å². The zero-order valence-corrected chi connectivity index (χ0v) is 11.8. The molecule has 0 fully saturated rings. The van der Waals surface area contributed by atoms with Crippen molar-refractivity contribution in [3.8, 4) is 0 Å². The van der Waals surface area contributed by atoms with Crippen molar-refractivity contribution in [2.24, 2.45) is 11.7 Å². The van der Waals surface area contributed by atoms with Crippen molar-refractivity contribution >= 4 is 18.3 Å². The first-order valence-electron chi connectivity index (χ1n) is 5.97. The summed E-state index contributed by atoms with van der Waals surface area (Å²) >= 11 is 0. The largest absolute Gasteiger partial charge is 0.354 e. The van der Waals surface area contributed by atoms with Gasteiger partial charge in [0.15, 0.2) is 0 Å². The predicted molar refractivity (Wildman–Crippen MR) is 71.8 cm³/mol. The monoisotopic (exact) mass is 250 g/mol. The Kier molecular flexibility index (Phi) is 9.98. The van der Waals surface area contributed by atoms with E-state index in [2.05, 4.69) is 19.2 Å². The van der Waals surface area contributed by atoms with Crippen LogP contribution < -0.4 is 11.1 Å². The van der Waals surface area contributed by atoms with Crippen LogP contribution in [0.4, 0.5) is 0 Å². The predicted octanol–water partition coefficient (Wildman–Crippen LogP) is 2.48. The van der Waals surface area contributed by atoms with E-state index < -0.39 is 0 Å². The number of rotatable bonds is 7. The summed E-state index contributed by atoms with van der Waals surface area (Å²) in [5, 5.41) is 2.92. The van der Waals surface area contributed by atoms with Gasteiger partial charge in [-0.25, -0.2) is 0 Å². The Bertz CT molecular complexity index is 190. The van der Waals surface area contributed by atoms with Gasteiger partial charge in [-0.2, -0.15) is 0 Å². The summed E-state index contributed by atoms with van der Waals surface area (Å²) in [4.78, 5) is 11.8. The minimum Gasteiger partial charge on any atom is -0.354 e. The second-order valence-electron chi connectivity index (χ2n) is 4.95. The van der Waals surface area contributed by atoms with Gasteiger partial charge in [0.05, 0.1) is 0 Å². The van der Waals surface area contributed by atoms with E-state index in [1.165, 1.54) is 0 Å². The first-order chi connectivity index (χ1) is 6.90. The van der Waals surface area contributed by atoms with Crippen LogP contribution in [0.3, 0.4) is 0 Å². The number of hydrogen-bond donors (Lipinski definition) is 2. The fraction of sp³-hybridized carbons (Fsp3) is 0.917. The van der Waals surface area contributed by atoms with Crippen LogP contribution in [0, 0.1) is 5.92 Å². The lowest BCUT2D eigenvalue weighted by Crippen LogP contribution is -2.46. The summed E-state index contributed by atoms with van der Waals surface area (Å²) in [6.45, 7) is 8.59. The van der Waals surface area contributed by atoms with Crippen LogP contribution in [0.25, 0.3) is 0 Å². The van der Waals surface area contributed by atoms with E-state index in [1.54, 1.807) is 0 Å². The molecule has 0 heterocycles. The minimum atomic E-state index is -0.321. The summed E-state index contributed by atoms with van der Waals surface area (Å²) in [5.41, 5.74) is 5.49. The maximum atomic E-state index is 11.8. The van der Waals surface area contributed by atoms with Crippen molar-refractivity contribution in [1.29, 1.82) is 0 Å². The molecule has 0 rings (SSSR count). The number of nitrogens with two attached hydrogens (primary N) is 1. The van der Waals surface area contributed by atoms with Crippen LogP contribution in [-0.4, -0.2) is 18.0 Å². The maximum absolute atomic E-state index is 11.8. The van der Waals surface area contributed by atoms with Gasteiger partial charge in [-0.1, -0.05) is 26.7 Å². The summed E-state index contributed by atoms with van der Waals surface area (Å²) in [6.07, 6.45) is 4.17. The quantitative estimate of drug-likeness (QED) is 0.730. The molecule has 3 nitrogen and oxygen atoms in total. The third-order valence-corrected chi connectivity index (χ3v) is 2.49. The highest BCUT2D eigenvalue weighted by molar-refractivity contribution is 5.85. The van der Waals surface area contributed by atoms with Crippen LogP contribution in [0.15, 0.2) is 0 Å². The third kappa shape index (κ3) is 8.98. The molecule has 0 aliphatic heterocycles. The molecule has 0 aliphatic carbocycles. The van der Waals surface area contributed by atoms with Crippen molar-refractivity contribution in [2.75, 3.05) is 6.54 Å². The van der Waals surface area contributed by atoms with Gasteiger partial charge in [-0.3, -0.25) is 4.79 Å². The van der Waals surface area contributed by atoms with Crippen LogP contribution in [0.2, 0.25) is 0 Å². The van der Waals surface area contributed by atoms with Crippen LogP contribution in [0.1, 0.15) is 53.4 Å². The van der Waals surface area contributed by atoms with E-state index in [9.17, 15) is 4.79 Å². The van der Waals surface area contributed by atoms with Gasteiger partial charge in [0.1, 0.15) is 0 Å². The maximum Gasteiger partial charge on any atom is 0.223 e. The molecule has 0 aliphatic rings. The van der Waals surface area contributed by atoms with Crippen molar-refractivity contribution < 1.29 is 4.79 Å². The topological polar surface area (TPSA) is 55.1 Å². The van der Waals surface area contributed by atoms with E-state index in [0.29, 0.717) is 6.54 Å². The molecule has 0 spiro atoms. The highest BCUT2D eigenvalue weighted by Crippen LogP contribution is 2.12. The zero-order chi connectivity index (χ0) is 11.9. The summed E-state index contributed by atoms with van der Waals surface area (Å²) in [5.74, 6) is 0.316. The highest BCUT2D eigenvalue weighted by atomic mass is 35.5. The molecule has 1 atom stereocenters. The molecule has 0 bridgehead atoms. The molecule has 1 amide bonds. The Labute approximate surface area is 106 Å². The van der Waals surface area contributed by atoms with Crippen molar-refractivity contribution in [2.45, 2.75) is 58.9 Å². The Morgan fingerprint density at radius 3 is 2.31 bits per heavy atom. The highest BCUT2D eigenvalue weighted by Gasteiger charge is 2.18. The lowest BCUT2D eigenvalue weighted by Gasteiger charge is -2.21. The zero-order valence-electron chi connectivity index (χ0n) is 11.0. The van der Waals surface area contributed by atoms with E-state index >= 15 is 0 Å². The lowest BCUT2D eigenvalue weighted by molar-refractivity contribution is -0.125. The second kappa shape index (κ2) is 8.82. The molecule has 3 N–H and O–H groups in total. The molecule has 4 heteroatoms. The molecule has 0 aromatic carbocycles. The van der Waals surface area contributed by atoms with Gasteiger partial charge in [-0.15, -0.1) is 12.4 Å². The summed E-state index contributed by atoms with van der Waals surface area (Å²) < 4.78 is 0. The molecule has 98 valence electrons. The molecule has 16 heavy (non-hydrogen) atoms. The molecular weight excluding hydrogens is 224 g/mol. The number of unbranched alkanes of at least 4 members (excludes halogenated alkanes) is 1. The Balaban J connectivity index is 0. The average Bonchev–Trinajstić information content (AvgIpc) is 2.15. The van der Waals surface area contributed by atoms with Crippen LogP contribution in [0.5, 0.6) is 0 Å². The van der Waals surface area contributed by atoms with Gasteiger partial charge in [0.25, 0.3) is 0 Å². The Morgan fingerprint density at radius 2 is 1.94 bits per heavy atom. The first kappa shape index (κ1) is 18.1. The standard InChI is InChI=1S/C12H26N2O.ClH/c1-5-7-8-10(6-2)11(15)14-9-12(3,4)13;/h10H,5-9,13H2,1-4H3,(H,14,15);1H. The Morgan fingerprint density at radius 1 is 1.38 bits per heavy atom. The third-order valence-electron chi connectivity index (χ3n) is 2.49. The molecule has 1 unspecified atom stereocenters. The summed E-state index contributed by atoms with van der Waals surface area (Å²) in [6, 6.07) is 0. The molecule has 0 saturated carbocycles. The van der Waals surface area contributed by atoms with Gasteiger partial charge < -0.3 is 11.1 Å². The van der Waals surface area contributed by atoms with Crippen LogP contribution in [-0.2, 0) is 4.79 Å². The van der Waals surface area contributed by atoms with E-state index in [4.69, 9.17) is 5.73 Å². The smallest absolute Gasteiger partial charge is 0.223 e. The fourth-order valence-corrected chi connectivity index (χ4v) is 1.43.